The molecule has 0 saturated heterocycles. The van der Waals surface area contributed by atoms with Crippen molar-refractivity contribution in [3.63, 3.8) is 0 Å². The van der Waals surface area contributed by atoms with Crippen molar-refractivity contribution >= 4 is 26.3 Å². The van der Waals surface area contributed by atoms with Gasteiger partial charge in [-0.25, -0.2) is 0 Å². The molecule has 6 heteroatoms. The lowest BCUT2D eigenvalue weighted by Gasteiger charge is -2.00. The molecule has 0 heterocycles. The Bertz CT molecular complexity index is 373. The van der Waals surface area contributed by atoms with Crippen LogP contribution in [0.4, 0.5) is 0 Å². The van der Waals surface area contributed by atoms with E-state index in [1.807, 2.05) is 0 Å². The van der Waals surface area contributed by atoms with Crippen molar-refractivity contribution < 1.29 is 17.2 Å². The van der Waals surface area contributed by atoms with Gasteiger partial charge in [-0.1, -0.05) is 22.0 Å². The molecule has 0 aromatic heterocycles. The standard InChI is InChI=1S/C6H5BrO4S/c7-5-2-1-3-6(4-5)11-12(8,9)10/h1-4H,(H,8,9,10). The maximum absolute atomic E-state index is 10.2. The normalized spacial score (nSPS) is 11.2. The first kappa shape index (κ1) is 9.50. The molecule has 0 saturated carbocycles. The molecule has 0 unspecified atom stereocenters. The Morgan fingerprint density at radius 3 is 2.58 bits per heavy atom. The lowest BCUT2D eigenvalue weighted by Crippen LogP contribution is -2.06. The first-order valence-corrected chi connectivity index (χ1v) is 5.06. The largest absolute Gasteiger partial charge is 0.446 e. The highest BCUT2D eigenvalue weighted by Crippen LogP contribution is 2.18. The molecule has 1 rings (SSSR count). The Morgan fingerprint density at radius 1 is 1.42 bits per heavy atom. The Morgan fingerprint density at radius 2 is 2.08 bits per heavy atom. The van der Waals surface area contributed by atoms with Crippen LogP contribution in [0.25, 0.3) is 0 Å². The van der Waals surface area contributed by atoms with Gasteiger partial charge < -0.3 is 4.18 Å². The zero-order valence-electron chi connectivity index (χ0n) is 5.77. The van der Waals surface area contributed by atoms with Crippen LogP contribution in [0.2, 0.25) is 0 Å². The number of halogens is 1. The summed E-state index contributed by atoms with van der Waals surface area (Å²) >= 11 is 3.11. The predicted molar refractivity (Wildman–Crippen MR) is 46.3 cm³/mol. The Balaban J connectivity index is 2.91. The van der Waals surface area contributed by atoms with Gasteiger partial charge in [-0.15, -0.1) is 0 Å². The average Bonchev–Trinajstić information content (AvgIpc) is 1.82. The summed E-state index contributed by atoms with van der Waals surface area (Å²) in [6.07, 6.45) is 0. The quantitative estimate of drug-likeness (QED) is 0.813. The lowest BCUT2D eigenvalue weighted by atomic mass is 10.3. The summed E-state index contributed by atoms with van der Waals surface area (Å²) in [5, 5.41) is 0. The first-order chi connectivity index (χ1) is 5.47. The molecule has 0 bridgehead atoms. The van der Waals surface area contributed by atoms with Crippen LogP contribution in [0.5, 0.6) is 5.75 Å². The van der Waals surface area contributed by atoms with E-state index in [0.29, 0.717) is 4.47 Å². The SMILES string of the molecule is O=S(=O)(O)Oc1cccc(Br)c1. The van der Waals surface area contributed by atoms with Crippen LogP contribution in [0.3, 0.4) is 0 Å². The maximum atomic E-state index is 10.2. The molecule has 0 atom stereocenters. The second-order valence-corrected chi connectivity index (χ2v) is 3.91. The Hall–Kier alpha value is -0.590. The maximum Gasteiger partial charge on any atom is 0.446 e. The van der Waals surface area contributed by atoms with Crippen LogP contribution < -0.4 is 4.18 Å². The molecule has 66 valence electrons. The van der Waals surface area contributed by atoms with E-state index in [2.05, 4.69) is 20.1 Å². The van der Waals surface area contributed by atoms with Gasteiger partial charge >= 0.3 is 10.4 Å². The van der Waals surface area contributed by atoms with Crippen molar-refractivity contribution in [2.24, 2.45) is 0 Å². The molecule has 1 aromatic carbocycles. The van der Waals surface area contributed by atoms with Crippen molar-refractivity contribution in [2.75, 3.05) is 0 Å². The highest BCUT2D eigenvalue weighted by atomic mass is 79.9. The summed E-state index contributed by atoms with van der Waals surface area (Å²) in [4.78, 5) is 0. The summed E-state index contributed by atoms with van der Waals surface area (Å²) in [6, 6.07) is 6.13. The average molecular weight is 253 g/mol. The van der Waals surface area contributed by atoms with Gasteiger partial charge in [-0.3, -0.25) is 4.55 Å². The molecular weight excluding hydrogens is 248 g/mol. The fourth-order valence-corrected chi connectivity index (χ4v) is 1.37. The molecule has 1 N–H and O–H groups in total. The summed E-state index contributed by atoms with van der Waals surface area (Å²) < 4.78 is 33.6. The van der Waals surface area contributed by atoms with Crippen molar-refractivity contribution in [1.82, 2.24) is 0 Å². The van der Waals surface area contributed by atoms with E-state index in [1.54, 1.807) is 12.1 Å². The summed E-state index contributed by atoms with van der Waals surface area (Å²) in [5.74, 6) is 0.0619. The summed E-state index contributed by atoms with van der Waals surface area (Å²) in [6.45, 7) is 0. The third-order valence-electron chi connectivity index (χ3n) is 0.998. The van der Waals surface area contributed by atoms with E-state index in [4.69, 9.17) is 4.55 Å². The monoisotopic (exact) mass is 252 g/mol. The molecule has 0 radical (unpaired) electrons. The van der Waals surface area contributed by atoms with Crippen LogP contribution in [0.15, 0.2) is 28.7 Å². The van der Waals surface area contributed by atoms with E-state index in [0.717, 1.165) is 0 Å². The van der Waals surface area contributed by atoms with Crippen molar-refractivity contribution in [2.45, 2.75) is 0 Å². The van der Waals surface area contributed by atoms with Gasteiger partial charge in [0.25, 0.3) is 0 Å². The third-order valence-corrected chi connectivity index (χ3v) is 1.89. The fraction of sp³-hybridized carbons (Fsp3) is 0. The van der Waals surface area contributed by atoms with Gasteiger partial charge in [0, 0.05) is 4.47 Å². The smallest absolute Gasteiger partial charge is 0.362 e. The van der Waals surface area contributed by atoms with Gasteiger partial charge in [0.15, 0.2) is 0 Å². The van der Waals surface area contributed by atoms with E-state index >= 15 is 0 Å². The fourth-order valence-electron chi connectivity index (χ4n) is 0.640. The molecule has 4 nitrogen and oxygen atoms in total. The molecule has 0 aliphatic carbocycles. The van der Waals surface area contributed by atoms with E-state index in [-0.39, 0.29) is 5.75 Å². The van der Waals surface area contributed by atoms with Crippen LogP contribution in [-0.4, -0.2) is 13.0 Å². The Labute approximate surface area is 78.3 Å². The van der Waals surface area contributed by atoms with Crippen molar-refractivity contribution in [3.8, 4) is 5.75 Å². The molecular formula is C6H5BrO4S. The van der Waals surface area contributed by atoms with Crippen LogP contribution in [0, 0.1) is 0 Å². The molecule has 1 aromatic rings. The predicted octanol–water partition coefficient (Wildman–Crippen LogP) is 1.63. The molecule has 0 spiro atoms. The topological polar surface area (TPSA) is 63.6 Å². The number of hydrogen-bond acceptors (Lipinski definition) is 3. The highest BCUT2D eigenvalue weighted by molar-refractivity contribution is 9.10. The number of benzene rings is 1. The van der Waals surface area contributed by atoms with E-state index < -0.39 is 10.4 Å². The van der Waals surface area contributed by atoms with Crippen molar-refractivity contribution in [1.29, 1.82) is 0 Å². The van der Waals surface area contributed by atoms with E-state index in [1.165, 1.54) is 12.1 Å². The Kier molecular flexibility index (Phi) is 2.71. The molecule has 12 heavy (non-hydrogen) atoms. The molecule has 0 aliphatic heterocycles. The minimum Gasteiger partial charge on any atom is -0.362 e. The first-order valence-electron chi connectivity index (χ1n) is 2.90. The molecule has 0 aliphatic rings. The van der Waals surface area contributed by atoms with Gasteiger partial charge in [-0.05, 0) is 18.2 Å². The zero-order chi connectivity index (χ0) is 9.19. The van der Waals surface area contributed by atoms with Crippen LogP contribution in [0.1, 0.15) is 0 Å². The lowest BCUT2D eigenvalue weighted by molar-refractivity contribution is 0.386. The van der Waals surface area contributed by atoms with Gasteiger partial charge in [0.2, 0.25) is 0 Å². The van der Waals surface area contributed by atoms with Crippen LogP contribution in [-0.2, 0) is 10.4 Å². The van der Waals surface area contributed by atoms with Gasteiger partial charge in [-0.2, -0.15) is 8.42 Å². The van der Waals surface area contributed by atoms with E-state index in [9.17, 15) is 8.42 Å². The second-order valence-electron chi connectivity index (χ2n) is 1.97. The van der Waals surface area contributed by atoms with Gasteiger partial charge in [0.1, 0.15) is 5.75 Å². The number of hydrogen-bond donors (Lipinski definition) is 1. The van der Waals surface area contributed by atoms with Gasteiger partial charge in [0.05, 0.1) is 0 Å². The molecule has 0 amide bonds. The summed E-state index contributed by atoms with van der Waals surface area (Å²) in [5.41, 5.74) is 0. The highest BCUT2D eigenvalue weighted by Gasteiger charge is 2.05. The number of rotatable bonds is 2. The van der Waals surface area contributed by atoms with Crippen LogP contribution >= 0.6 is 15.9 Å². The second kappa shape index (κ2) is 3.42. The minimum atomic E-state index is -4.41. The third kappa shape index (κ3) is 3.21. The summed E-state index contributed by atoms with van der Waals surface area (Å²) in [7, 11) is -4.41. The zero-order valence-corrected chi connectivity index (χ0v) is 8.17. The molecule has 0 fully saturated rings. The van der Waals surface area contributed by atoms with Crippen molar-refractivity contribution in [3.05, 3.63) is 28.7 Å². The minimum absolute atomic E-state index is 0.0619.